The number of nitrogens with zero attached hydrogens (tertiary/aromatic N) is 2. The van der Waals surface area contributed by atoms with Crippen molar-refractivity contribution in [2.75, 3.05) is 5.32 Å². The average Bonchev–Trinajstić information content (AvgIpc) is 2.97. The number of amides is 1. The van der Waals surface area contributed by atoms with Crippen LogP contribution in [-0.2, 0) is 6.42 Å². The van der Waals surface area contributed by atoms with Crippen molar-refractivity contribution in [1.29, 1.82) is 0 Å². The molecule has 2 aromatic rings. The molecule has 3 N–H and O–H groups in total. The van der Waals surface area contributed by atoms with Gasteiger partial charge in [-0.1, -0.05) is 13.8 Å². The quantitative estimate of drug-likeness (QED) is 0.822. The number of carbonyl (C=O) groups is 2. The second kappa shape index (κ2) is 7.32. The van der Waals surface area contributed by atoms with Crippen molar-refractivity contribution in [3.63, 3.8) is 0 Å². The summed E-state index contributed by atoms with van der Waals surface area (Å²) in [5.41, 5.74) is 10.1. The van der Waals surface area contributed by atoms with Crippen molar-refractivity contribution >= 4 is 17.4 Å². The molecular weight excluding hydrogens is 364 g/mol. The van der Waals surface area contributed by atoms with Crippen LogP contribution in [0.5, 0.6) is 0 Å². The molecule has 1 radical (unpaired) electrons. The Labute approximate surface area is 171 Å². The van der Waals surface area contributed by atoms with Crippen LogP contribution in [0.2, 0.25) is 0 Å². The minimum absolute atomic E-state index is 0.0961. The Morgan fingerprint density at radius 3 is 2.66 bits per heavy atom. The number of primary amides is 1. The number of hydrogen-bond acceptors (Lipinski definition) is 4. The van der Waals surface area contributed by atoms with Crippen molar-refractivity contribution in [3.05, 3.63) is 47.1 Å². The molecule has 1 amide bonds. The lowest BCUT2D eigenvalue weighted by Crippen LogP contribution is -2.28. The highest BCUT2D eigenvalue weighted by Gasteiger charge is 2.35. The van der Waals surface area contributed by atoms with Crippen LogP contribution in [0.1, 0.15) is 78.1 Å². The monoisotopic (exact) mass is 393 g/mol. The highest BCUT2D eigenvalue weighted by Crippen LogP contribution is 2.37. The van der Waals surface area contributed by atoms with Crippen LogP contribution in [0.25, 0.3) is 5.69 Å². The van der Waals surface area contributed by atoms with Gasteiger partial charge in [0.15, 0.2) is 5.78 Å². The average molecular weight is 394 g/mol. The van der Waals surface area contributed by atoms with Gasteiger partial charge >= 0.3 is 0 Å². The Bertz CT molecular complexity index is 967. The number of Topliss-reactive ketones (excluding diaryl/α,β-unsaturated/α-hetero) is 1. The molecule has 1 heterocycles. The normalized spacial score (nSPS) is 19.1. The molecule has 1 aromatic carbocycles. The maximum absolute atomic E-state index is 12.7. The number of anilines is 1. The SMILES string of the molecule is Cc1nn(-c2ccc(C(N)=O)c(NC3CC[CH]CC3)c2)c2c1C(=O)CC(C)(C)C2. The van der Waals surface area contributed by atoms with E-state index in [1.54, 1.807) is 6.07 Å². The van der Waals surface area contributed by atoms with Crippen molar-refractivity contribution in [2.45, 2.75) is 65.3 Å². The molecule has 6 nitrogen and oxygen atoms in total. The first-order valence-corrected chi connectivity index (χ1v) is 10.4. The third kappa shape index (κ3) is 3.80. The molecule has 0 spiro atoms. The molecule has 0 unspecified atom stereocenters. The summed E-state index contributed by atoms with van der Waals surface area (Å²) >= 11 is 0. The molecule has 2 aliphatic carbocycles. The number of carbonyl (C=O) groups excluding carboxylic acids is 2. The second-order valence-electron chi connectivity index (χ2n) is 9.14. The smallest absolute Gasteiger partial charge is 0.250 e. The van der Waals surface area contributed by atoms with Gasteiger partial charge in [-0.25, -0.2) is 4.68 Å². The fourth-order valence-electron chi connectivity index (χ4n) is 4.64. The molecule has 6 heteroatoms. The van der Waals surface area contributed by atoms with Gasteiger partial charge in [-0.15, -0.1) is 0 Å². The Balaban J connectivity index is 1.76. The van der Waals surface area contributed by atoms with Crippen LogP contribution < -0.4 is 11.1 Å². The predicted molar refractivity (Wildman–Crippen MR) is 113 cm³/mol. The van der Waals surface area contributed by atoms with Crippen molar-refractivity contribution in [3.8, 4) is 5.69 Å². The van der Waals surface area contributed by atoms with Crippen LogP contribution >= 0.6 is 0 Å². The van der Waals surface area contributed by atoms with Gasteiger partial charge in [0, 0.05) is 18.2 Å². The van der Waals surface area contributed by atoms with Gasteiger partial charge < -0.3 is 11.1 Å². The van der Waals surface area contributed by atoms with Gasteiger partial charge in [-0.2, -0.15) is 5.10 Å². The van der Waals surface area contributed by atoms with Crippen molar-refractivity contribution in [2.24, 2.45) is 11.1 Å². The van der Waals surface area contributed by atoms with Gasteiger partial charge in [0.05, 0.1) is 28.2 Å². The summed E-state index contributed by atoms with van der Waals surface area (Å²) in [5, 5.41) is 8.21. The van der Waals surface area contributed by atoms with E-state index in [-0.39, 0.29) is 11.2 Å². The summed E-state index contributed by atoms with van der Waals surface area (Å²) in [6.45, 7) is 6.12. The van der Waals surface area contributed by atoms with Crippen molar-refractivity contribution in [1.82, 2.24) is 9.78 Å². The topological polar surface area (TPSA) is 90.0 Å². The zero-order valence-corrected chi connectivity index (χ0v) is 17.4. The predicted octanol–water partition coefficient (Wildman–Crippen LogP) is 3.99. The lowest BCUT2D eigenvalue weighted by atomic mass is 9.75. The molecule has 4 rings (SSSR count). The van der Waals surface area contributed by atoms with Crippen LogP contribution in [0.15, 0.2) is 18.2 Å². The van der Waals surface area contributed by atoms with E-state index in [9.17, 15) is 9.59 Å². The summed E-state index contributed by atoms with van der Waals surface area (Å²) in [6, 6.07) is 5.88. The summed E-state index contributed by atoms with van der Waals surface area (Å²) in [6.07, 6.45) is 7.87. The van der Waals surface area contributed by atoms with Crippen LogP contribution in [0.4, 0.5) is 5.69 Å². The molecule has 0 saturated heterocycles. The molecule has 0 aliphatic heterocycles. The first-order chi connectivity index (χ1) is 13.7. The van der Waals surface area contributed by atoms with Crippen molar-refractivity contribution < 1.29 is 9.59 Å². The van der Waals surface area contributed by atoms with Gasteiger partial charge in [0.25, 0.3) is 5.91 Å². The maximum Gasteiger partial charge on any atom is 0.250 e. The fourth-order valence-corrected chi connectivity index (χ4v) is 4.64. The third-order valence-electron chi connectivity index (χ3n) is 6.03. The van der Waals surface area contributed by atoms with Gasteiger partial charge in [-0.3, -0.25) is 9.59 Å². The number of fused-ring (bicyclic) bond motifs is 1. The number of rotatable bonds is 4. The number of aromatic nitrogens is 2. The molecular formula is C23H29N4O2. The number of benzene rings is 1. The Morgan fingerprint density at radius 1 is 1.24 bits per heavy atom. The number of aryl methyl sites for hydroxylation is 1. The summed E-state index contributed by atoms with van der Waals surface area (Å²) in [7, 11) is 0. The molecule has 0 bridgehead atoms. The van der Waals surface area contributed by atoms with Gasteiger partial charge in [-0.05, 0) is 69.1 Å². The molecule has 29 heavy (non-hydrogen) atoms. The number of nitrogens with two attached hydrogens (primary N) is 1. The minimum Gasteiger partial charge on any atom is -0.382 e. The first kappa shape index (κ1) is 19.7. The third-order valence-corrected chi connectivity index (χ3v) is 6.03. The minimum atomic E-state index is -0.448. The maximum atomic E-state index is 12.7. The summed E-state index contributed by atoms with van der Waals surface area (Å²) in [5.74, 6) is -0.290. The van der Waals surface area contributed by atoms with E-state index < -0.39 is 5.91 Å². The number of ketones is 1. The first-order valence-electron chi connectivity index (χ1n) is 10.4. The molecule has 1 saturated carbocycles. The van der Waals surface area contributed by atoms with E-state index in [1.807, 2.05) is 23.7 Å². The van der Waals surface area contributed by atoms with E-state index in [2.05, 4.69) is 30.7 Å². The Hall–Kier alpha value is -2.63. The van der Waals surface area contributed by atoms with E-state index in [0.717, 1.165) is 60.4 Å². The van der Waals surface area contributed by atoms with E-state index in [0.29, 0.717) is 18.0 Å². The molecule has 1 fully saturated rings. The highest BCUT2D eigenvalue weighted by atomic mass is 16.1. The Kier molecular flexibility index (Phi) is 4.97. The number of hydrogen-bond donors (Lipinski definition) is 2. The Morgan fingerprint density at radius 2 is 1.97 bits per heavy atom. The molecule has 2 aliphatic rings. The number of nitrogens with one attached hydrogen (secondary N) is 1. The fraction of sp³-hybridized carbons (Fsp3) is 0.478. The lowest BCUT2D eigenvalue weighted by Gasteiger charge is -2.29. The molecule has 1 aromatic heterocycles. The van der Waals surface area contributed by atoms with E-state index in [4.69, 9.17) is 5.73 Å². The van der Waals surface area contributed by atoms with Gasteiger partial charge in [0.1, 0.15) is 0 Å². The van der Waals surface area contributed by atoms with Gasteiger partial charge in [0.2, 0.25) is 0 Å². The highest BCUT2D eigenvalue weighted by molar-refractivity contribution is 6.00. The zero-order chi connectivity index (χ0) is 20.8. The molecule has 153 valence electrons. The summed E-state index contributed by atoms with van der Waals surface area (Å²) in [4.78, 5) is 24.7. The zero-order valence-electron chi connectivity index (χ0n) is 17.4. The largest absolute Gasteiger partial charge is 0.382 e. The second-order valence-corrected chi connectivity index (χ2v) is 9.14. The van der Waals surface area contributed by atoms with Crippen LogP contribution in [0, 0.1) is 18.8 Å². The molecule has 0 atom stereocenters. The van der Waals surface area contributed by atoms with Crippen LogP contribution in [0.3, 0.4) is 0 Å². The standard InChI is InChI=1S/C23H29N4O2/c1-14-21-19(12-23(2,3)13-20(21)28)27(26-14)16-9-10-17(22(24)29)18(11-16)25-15-7-5-4-6-8-15/h4,9-11,15,25H,5-8,12-13H2,1-3H3,(H2,24,29). The van der Waals surface area contributed by atoms with E-state index in [1.165, 1.54) is 0 Å². The van der Waals surface area contributed by atoms with E-state index >= 15 is 0 Å². The lowest BCUT2D eigenvalue weighted by molar-refractivity contribution is 0.0909. The van der Waals surface area contributed by atoms with Crippen LogP contribution in [-0.4, -0.2) is 27.5 Å². The summed E-state index contributed by atoms with van der Waals surface area (Å²) < 4.78 is 1.87.